The molecule has 3 N–H and O–H groups in total. The van der Waals surface area contributed by atoms with Gasteiger partial charge in [-0.05, 0) is 61.9 Å². The van der Waals surface area contributed by atoms with E-state index in [1.165, 1.54) is 18.2 Å². The number of aromatic nitrogens is 2. The predicted molar refractivity (Wildman–Crippen MR) is 157 cm³/mol. The highest BCUT2D eigenvalue weighted by Gasteiger charge is 2.23. The number of amides is 1. The van der Waals surface area contributed by atoms with E-state index in [4.69, 9.17) is 4.74 Å². The third kappa shape index (κ3) is 5.89. The van der Waals surface area contributed by atoms with Crippen LogP contribution < -0.4 is 15.5 Å². The number of benzene rings is 3. The molecule has 3 aromatic carbocycles. The van der Waals surface area contributed by atoms with Crippen LogP contribution in [0.15, 0.2) is 60.7 Å². The predicted octanol–water partition coefficient (Wildman–Crippen LogP) is 5.36. The Morgan fingerprint density at radius 3 is 2.61 bits per heavy atom. The number of rotatable bonds is 7. The Bertz CT molecular complexity index is 1530. The van der Waals surface area contributed by atoms with Crippen LogP contribution in [0.1, 0.15) is 40.5 Å². The number of halogens is 2. The van der Waals surface area contributed by atoms with Gasteiger partial charge in [0.2, 0.25) is 0 Å². The van der Waals surface area contributed by atoms with Gasteiger partial charge in [-0.3, -0.25) is 9.89 Å². The van der Waals surface area contributed by atoms with Crippen LogP contribution in [0.25, 0.3) is 10.9 Å². The molecule has 1 unspecified atom stereocenters. The van der Waals surface area contributed by atoms with Crippen molar-refractivity contribution < 1.29 is 18.3 Å². The molecule has 0 aliphatic carbocycles. The first-order valence-electron chi connectivity index (χ1n) is 14.1. The number of carbonyl (C=O) groups is 1. The van der Waals surface area contributed by atoms with Gasteiger partial charge in [-0.15, -0.1) is 0 Å². The van der Waals surface area contributed by atoms with Gasteiger partial charge in [0.15, 0.2) is 12.0 Å². The zero-order chi connectivity index (χ0) is 28.3. The number of aromatic amines is 1. The fourth-order valence-electron chi connectivity index (χ4n) is 5.49. The lowest BCUT2D eigenvalue weighted by atomic mass is 10.0. The van der Waals surface area contributed by atoms with Crippen molar-refractivity contribution in [3.63, 3.8) is 0 Å². The quantitative estimate of drug-likeness (QED) is 0.282. The summed E-state index contributed by atoms with van der Waals surface area (Å²) < 4.78 is 35.1. The number of hydrogen-bond acceptors (Lipinski definition) is 6. The maximum Gasteiger partial charge on any atom is 0.258 e. The van der Waals surface area contributed by atoms with E-state index in [-0.39, 0.29) is 28.9 Å². The van der Waals surface area contributed by atoms with Crippen LogP contribution in [0.2, 0.25) is 0 Å². The number of nitrogens with one attached hydrogen (secondary N) is 3. The summed E-state index contributed by atoms with van der Waals surface area (Å²) in [6.07, 6.45) is 0.0641. The Balaban J connectivity index is 1.27. The fourth-order valence-corrected chi connectivity index (χ4v) is 5.49. The van der Waals surface area contributed by atoms with Crippen molar-refractivity contribution in [1.29, 1.82) is 0 Å². The summed E-state index contributed by atoms with van der Waals surface area (Å²) in [6.45, 7) is 5.17. The van der Waals surface area contributed by atoms with E-state index < -0.39 is 12.0 Å². The molecule has 214 valence electrons. The first-order chi connectivity index (χ1) is 20.0. The minimum Gasteiger partial charge on any atom is -0.381 e. The first-order valence-corrected chi connectivity index (χ1v) is 14.1. The van der Waals surface area contributed by atoms with Crippen molar-refractivity contribution >= 4 is 34.0 Å². The molecule has 41 heavy (non-hydrogen) atoms. The molecule has 2 saturated heterocycles. The van der Waals surface area contributed by atoms with E-state index in [0.717, 1.165) is 50.4 Å². The van der Waals surface area contributed by atoms with E-state index in [9.17, 15) is 9.18 Å². The SMILES string of the molecule is CN1CCN(c2ccc(C(=O)Nc3n[nH]c4ccc(C(F)c5ccccc5F)cc34)c(NC3CCOCC3)c2)CC1. The van der Waals surface area contributed by atoms with Gasteiger partial charge in [-0.2, -0.15) is 5.10 Å². The molecule has 2 fully saturated rings. The van der Waals surface area contributed by atoms with Crippen molar-refractivity contribution in [3.8, 4) is 0 Å². The van der Waals surface area contributed by atoms with Gasteiger partial charge in [0.1, 0.15) is 5.82 Å². The molecule has 1 atom stereocenters. The number of fused-ring (bicyclic) bond motifs is 1. The molecule has 3 heterocycles. The van der Waals surface area contributed by atoms with E-state index in [1.54, 1.807) is 24.3 Å². The molecule has 1 amide bonds. The van der Waals surface area contributed by atoms with Gasteiger partial charge in [-0.25, -0.2) is 8.78 Å². The van der Waals surface area contributed by atoms with E-state index in [0.29, 0.717) is 29.7 Å². The highest BCUT2D eigenvalue weighted by atomic mass is 19.1. The normalized spacial score (nSPS) is 17.5. The molecule has 0 spiro atoms. The Hall–Kier alpha value is -4.02. The van der Waals surface area contributed by atoms with Gasteiger partial charge in [0.25, 0.3) is 5.91 Å². The zero-order valence-corrected chi connectivity index (χ0v) is 23.0. The zero-order valence-electron chi connectivity index (χ0n) is 23.0. The summed E-state index contributed by atoms with van der Waals surface area (Å²) >= 11 is 0. The second-order valence-electron chi connectivity index (χ2n) is 10.8. The largest absolute Gasteiger partial charge is 0.381 e. The average molecular weight is 561 g/mol. The second kappa shape index (κ2) is 11.8. The summed E-state index contributed by atoms with van der Waals surface area (Å²) in [5, 5.41) is 14.2. The Labute approximate surface area is 237 Å². The number of H-pyrrole nitrogens is 1. The molecule has 6 rings (SSSR count). The summed E-state index contributed by atoms with van der Waals surface area (Å²) in [7, 11) is 2.12. The summed E-state index contributed by atoms with van der Waals surface area (Å²) in [6, 6.07) is 16.8. The minimum absolute atomic E-state index is 0.0369. The van der Waals surface area contributed by atoms with E-state index in [1.807, 2.05) is 12.1 Å². The van der Waals surface area contributed by atoms with Crippen molar-refractivity contribution in [2.45, 2.75) is 25.1 Å². The van der Waals surface area contributed by atoms with Gasteiger partial charge < -0.3 is 25.2 Å². The second-order valence-corrected chi connectivity index (χ2v) is 10.8. The highest BCUT2D eigenvalue weighted by Crippen LogP contribution is 2.33. The molecule has 2 aliphatic heterocycles. The summed E-state index contributed by atoms with van der Waals surface area (Å²) in [5.74, 6) is -0.646. The van der Waals surface area contributed by atoms with Crippen LogP contribution in [-0.4, -0.2) is 73.5 Å². The van der Waals surface area contributed by atoms with E-state index in [2.05, 4.69) is 43.7 Å². The highest BCUT2D eigenvalue weighted by molar-refractivity contribution is 6.11. The van der Waals surface area contributed by atoms with Crippen LogP contribution in [0.5, 0.6) is 0 Å². The first kappa shape index (κ1) is 27.2. The molecule has 2 aliphatic rings. The maximum atomic E-state index is 15.3. The van der Waals surface area contributed by atoms with Crippen LogP contribution >= 0.6 is 0 Å². The Morgan fingerprint density at radius 1 is 1.05 bits per heavy atom. The lowest BCUT2D eigenvalue weighted by molar-refractivity contribution is 0.0904. The molecule has 8 nitrogen and oxygen atoms in total. The lowest BCUT2D eigenvalue weighted by Crippen LogP contribution is -2.44. The average Bonchev–Trinajstić information content (AvgIpc) is 3.39. The van der Waals surface area contributed by atoms with Gasteiger partial charge in [0, 0.05) is 67.8 Å². The van der Waals surface area contributed by atoms with Crippen LogP contribution in [0.4, 0.5) is 26.0 Å². The van der Waals surface area contributed by atoms with E-state index >= 15 is 4.39 Å². The van der Waals surface area contributed by atoms with Crippen molar-refractivity contribution in [2.75, 3.05) is 62.0 Å². The van der Waals surface area contributed by atoms with Crippen molar-refractivity contribution in [3.05, 3.63) is 83.2 Å². The number of carbonyl (C=O) groups excluding carboxylic acids is 1. The van der Waals surface area contributed by atoms with Crippen LogP contribution in [0.3, 0.4) is 0 Å². The number of ether oxygens (including phenoxy) is 1. The molecule has 1 aromatic heterocycles. The molecule has 10 heteroatoms. The Morgan fingerprint density at radius 2 is 1.83 bits per heavy atom. The number of hydrogen-bond donors (Lipinski definition) is 3. The molecule has 4 aromatic rings. The molecular formula is C31H34F2N6O2. The molecular weight excluding hydrogens is 526 g/mol. The van der Waals surface area contributed by atoms with Gasteiger partial charge in [0.05, 0.1) is 11.1 Å². The monoisotopic (exact) mass is 560 g/mol. The number of alkyl halides is 1. The topological polar surface area (TPSA) is 85.5 Å². The third-order valence-corrected chi connectivity index (χ3v) is 7.99. The third-order valence-electron chi connectivity index (χ3n) is 7.99. The van der Waals surface area contributed by atoms with Crippen LogP contribution in [-0.2, 0) is 4.74 Å². The molecule has 0 bridgehead atoms. The Kier molecular flexibility index (Phi) is 7.84. The minimum atomic E-state index is -1.66. The number of anilines is 3. The molecule has 0 saturated carbocycles. The summed E-state index contributed by atoms with van der Waals surface area (Å²) in [4.78, 5) is 18.3. The fraction of sp³-hybridized carbons (Fsp3) is 0.355. The lowest BCUT2D eigenvalue weighted by Gasteiger charge is -2.34. The van der Waals surface area contributed by atoms with Crippen LogP contribution in [0, 0.1) is 5.82 Å². The standard InChI is InChI=1S/C31H34F2N6O2/c1-38-12-14-39(15-13-38)22-7-8-24(28(19-22)34-21-10-16-41-17-11-21)31(40)35-30-25-18-20(6-9-27(25)36-37-30)29(33)23-4-2-3-5-26(23)32/h2-9,18-19,21,29,34H,10-17H2,1H3,(H2,35,36,37,40). The number of likely N-dealkylation sites (N-methyl/N-ethyl adjacent to an activating group) is 1. The van der Waals surface area contributed by atoms with Crippen molar-refractivity contribution in [2.24, 2.45) is 0 Å². The maximum absolute atomic E-state index is 15.3. The van der Waals surface area contributed by atoms with Crippen molar-refractivity contribution in [1.82, 2.24) is 15.1 Å². The number of piperazine rings is 1. The van der Waals surface area contributed by atoms with Gasteiger partial charge in [-0.1, -0.05) is 24.3 Å². The number of nitrogens with zero attached hydrogens (tertiary/aromatic N) is 3. The molecule has 0 radical (unpaired) electrons. The smallest absolute Gasteiger partial charge is 0.258 e. The summed E-state index contributed by atoms with van der Waals surface area (Å²) in [5.41, 5.74) is 3.20. The van der Waals surface area contributed by atoms with Gasteiger partial charge >= 0.3 is 0 Å².